The molecule has 1 atom stereocenters. The molecule has 0 saturated heterocycles. The standard InChI is InChI=1S/C23H38N4O5/c1-23(2,3)32-22(31)26-19(21(29)30)11-14-27(15-16-28)13-5-4-8-18-10-9-17-7-6-12-24-20(17)25-18/h9-10,19,28H,4-8,11-16H2,1-3H3,(H,24,25)(H,26,31)(H,29,30). The first-order valence-corrected chi connectivity index (χ1v) is 11.5. The average Bonchev–Trinajstić information content (AvgIpc) is 2.72. The summed E-state index contributed by atoms with van der Waals surface area (Å²) in [6.07, 6.45) is 4.43. The molecule has 0 radical (unpaired) electrons. The van der Waals surface area contributed by atoms with Gasteiger partial charge in [-0.3, -0.25) is 0 Å². The van der Waals surface area contributed by atoms with E-state index >= 15 is 0 Å². The van der Waals surface area contributed by atoms with Gasteiger partial charge in [0.25, 0.3) is 0 Å². The maximum absolute atomic E-state index is 11.9. The number of aromatic nitrogens is 1. The molecule has 0 saturated carbocycles. The summed E-state index contributed by atoms with van der Waals surface area (Å²) >= 11 is 0. The number of alkyl carbamates (subject to hydrolysis) is 1. The zero-order valence-electron chi connectivity index (χ0n) is 19.5. The molecule has 0 spiro atoms. The van der Waals surface area contributed by atoms with Crippen LogP contribution in [-0.4, -0.2) is 76.6 Å². The molecule has 9 heteroatoms. The first-order chi connectivity index (χ1) is 15.2. The number of ether oxygens (including phenoxy) is 1. The molecule has 2 rings (SSSR count). The van der Waals surface area contributed by atoms with Gasteiger partial charge in [-0.2, -0.15) is 0 Å². The Kier molecular flexibility index (Phi) is 10.2. The molecule has 32 heavy (non-hydrogen) atoms. The Bertz CT molecular complexity index is 750. The van der Waals surface area contributed by atoms with Gasteiger partial charge in [0.1, 0.15) is 17.5 Å². The molecule has 0 aliphatic carbocycles. The second-order valence-corrected chi connectivity index (χ2v) is 9.19. The fourth-order valence-electron chi connectivity index (χ4n) is 3.65. The second-order valence-electron chi connectivity index (χ2n) is 9.19. The van der Waals surface area contributed by atoms with E-state index in [-0.39, 0.29) is 13.0 Å². The summed E-state index contributed by atoms with van der Waals surface area (Å²) in [4.78, 5) is 30.2. The minimum Gasteiger partial charge on any atom is -0.480 e. The molecule has 0 fully saturated rings. The summed E-state index contributed by atoms with van der Waals surface area (Å²) in [5.74, 6) is -0.0974. The summed E-state index contributed by atoms with van der Waals surface area (Å²) in [5, 5.41) is 24.6. The highest BCUT2D eigenvalue weighted by Crippen LogP contribution is 2.20. The van der Waals surface area contributed by atoms with E-state index in [1.807, 2.05) is 4.90 Å². The third-order valence-corrected chi connectivity index (χ3v) is 5.25. The predicted octanol–water partition coefficient (Wildman–Crippen LogP) is 2.42. The first-order valence-electron chi connectivity index (χ1n) is 11.5. The molecule has 1 aliphatic rings. The second kappa shape index (κ2) is 12.6. The molecule has 1 amide bonds. The number of carboxylic acid groups (broad SMARTS) is 1. The Morgan fingerprint density at radius 1 is 1.25 bits per heavy atom. The highest BCUT2D eigenvalue weighted by atomic mass is 16.6. The summed E-state index contributed by atoms with van der Waals surface area (Å²) in [7, 11) is 0. The van der Waals surface area contributed by atoms with Gasteiger partial charge in [-0.05, 0) is 77.5 Å². The number of amides is 1. The third-order valence-electron chi connectivity index (χ3n) is 5.25. The molecule has 0 aromatic carbocycles. The fourth-order valence-corrected chi connectivity index (χ4v) is 3.65. The Morgan fingerprint density at radius 2 is 2.03 bits per heavy atom. The fraction of sp³-hybridized carbons (Fsp3) is 0.696. The molecule has 1 aromatic heterocycles. The summed E-state index contributed by atoms with van der Waals surface area (Å²) in [6.45, 7) is 7.79. The predicted molar refractivity (Wildman–Crippen MR) is 123 cm³/mol. The van der Waals surface area contributed by atoms with Crippen LogP contribution < -0.4 is 10.6 Å². The molecule has 1 aromatic rings. The van der Waals surface area contributed by atoms with Crippen molar-refractivity contribution in [2.75, 3.05) is 38.1 Å². The van der Waals surface area contributed by atoms with Crippen molar-refractivity contribution in [2.45, 2.75) is 70.9 Å². The lowest BCUT2D eigenvalue weighted by molar-refractivity contribution is -0.139. The van der Waals surface area contributed by atoms with Crippen LogP contribution in [0.15, 0.2) is 12.1 Å². The van der Waals surface area contributed by atoms with Crippen LogP contribution in [0.2, 0.25) is 0 Å². The zero-order chi connectivity index (χ0) is 23.6. The Morgan fingerprint density at radius 3 is 2.72 bits per heavy atom. The van der Waals surface area contributed by atoms with E-state index in [1.54, 1.807) is 20.8 Å². The van der Waals surface area contributed by atoms with E-state index in [4.69, 9.17) is 9.72 Å². The van der Waals surface area contributed by atoms with Gasteiger partial charge in [0, 0.05) is 25.3 Å². The number of hydrogen-bond donors (Lipinski definition) is 4. The van der Waals surface area contributed by atoms with Crippen molar-refractivity contribution < 1.29 is 24.5 Å². The van der Waals surface area contributed by atoms with E-state index in [9.17, 15) is 19.8 Å². The highest BCUT2D eigenvalue weighted by Gasteiger charge is 2.24. The van der Waals surface area contributed by atoms with Crippen LogP contribution in [-0.2, 0) is 22.4 Å². The van der Waals surface area contributed by atoms with E-state index < -0.39 is 23.7 Å². The quantitative estimate of drug-likeness (QED) is 0.358. The third kappa shape index (κ3) is 9.40. The Labute approximate surface area is 190 Å². The number of aryl methyl sites for hydroxylation is 2. The van der Waals surface area contributed by atoms with Crippen LogP contribution in [0.4, 0.5) is 10.6 Å². The highest BCUT2D eigenvalue weighted by molar-refractivity contribution is 5.80. The minimum absolute atomic E-state index is 0.00468. The summed E-state index contributed by atoms with van der Waals surface area (Å²) in [6, 6.07) is 3.21. The molecule has 1 unspecified atom stereocenters. The number of nitrogens with zero attached hydrogens (tertiary/aromatic N) is 2. The van der Waals surface area contributed by atoms with Gasteiger partial charge in [-0.15, -0.1) is 0 Å². The van der Waals surface area contributed by atoms with Crippen LogP contribution in [0.25, 0.3) is 0 Å². The lowest BCUT2D eigenvalue weighted by Crippen LogP contribution is -2.45. The van der Waals surface area contributed by atoms with Crippen molar-refractivity contribution in [1.29, 1.82) is 0 Å². The van der Waals surface area contributed by atoms with Crippen LogP contribution in [0.5, 0.6) is 0 Å². The van der Waals surface area contributed by atoms with Gasteiger partial charge in [0.05, 0.1) is 6.61 Å². The van der Waals surface area contributed by atoms with Gasteiger partial charge in [-0.25, -0.2) is 14.6 Å². The molecular formula is C23H38N4O5. The van der Waals surface area contributed by atoms with Gasteiger partial charge in [0.2, 0.25) is 0 Å². The lowest BCUT2D eigenvalue weighted by Gasteiger charge is -2.25. The van der Waals surface area contributed by atoms with Crippen LogP contribution in [0.3, 0.4) is 0 Å². The number of rotatable bonds is 12. The van der Waals surface area contributed by atoms with Crippen LogP contribution in [0.1, 0.15) is 57.7 Å². The number of carbonyl (C=O) groups excluding carboxylic acids is 1. The van der Waals surface area contributed by atoms with Gasteiger partial charge < -0.3 is 30.5 Å². The summed E-state index contributed by atoms with van der Waals surface area (Å²) in [5.41, 5.74) is 1.65. The number of hydrogen-bond acceptors (Lipinski definition) is 7. The largest absolute Gasteiger partial charge is 0.480 e. The van der Waals surface area contributed by atoms with E-state index in [0.717, 1.165) is 56.7 Å². The smallest absolute Gasteiger partial charge is 0.408 e. The molecular weight excluding hydrogens is 412 g/mol. The number of nitrogens with one attached hydrogen (secondary N) is 2. The number of carboxylic acids is 1. The van der Waals surface area contributed by atoms with E-state index in [0.29, 0.717) is 13.1 Å². The average molecular weight is 451 g/mol. The minimum atomic E-state index is -1.10. The van der Waals surface area contributed by atoms with Crippen molar-refractivity contribution in [2.24, 2.45) is 0 Å². The number of fused-ring (bicyclic) bond motifs is 1. The molecule has 2 heterocycles. The van der Waals surface area contributed by atoms with Gasteiger partial charge in [-0.1, -0.05) is 6.07 Å². The molecule has 4 N–H and O–H groups in total. The monoisotopic (exact) mass is 450 g/mol. The maximum Gasteiger partial charge on any atom is 0.408 e. The lowest BCUT2D eigenvalue weighted by atomic mass is 10.1. The zero-order valence-corrected chi connectivity index (χ0v) is 19.5. The normalized spacial score (nSPS) is 14.4. The number of anilines is 1. The van der Waals surface area contributed by atoms with Crippen molar-refractivity contribution in [3.63, 3.8) is 0 Å². The molecule has 180 valence electrons. The van der Waals surface area contributed by atoms with Crippen LogP contribution >= 0.6 is 0 Å². The maximum atomic E-state index is 11.9. The number of pyridine rings is 1. The van der Waals surface area contributed by atoms with E-state index in [2.05, 4.69) is 22.8 Å². The molecule has 1 aliphatic heterocycles. The molecule has 0 bridgehead atoms. The number of unbranched alkanes of at least 4 members (excludes halogenated alkanes) is 1. The van der Waals surface area contributed by atoms with Crippen molar-refractivity contribution in [3.05, 3.63) is 23.4 Å². The first kappa shape index (κ1) is 25.9. The van der Waals surface area contributed by atoms with Crippen LogP contribution in [0, 0.1) is 0 Å². The number of carbonyl (C=O) groups is 2. The number of aliphatic hydroxyl groups excluding tert-OH is 1. The summed E-state index contributed by atoms with van der Waals surface area (Å²) < 4.78 is 5.15. The number of aliphatic carboxylic acids is 1. The SMILES string of the molecule is CC(C)(C)OC(=O)NC(CCN(CCO)CCCCc1ccc2c(n1)NCCC2)C(=O)O. The Balaban J connectivity index is 1.77. The topological polar surface area (TPSA) is 124 Å². The van der Waals surface area contributed by atoms with Crippen molar-refractivity contribution in [1.82, 2.24) is 15.2 Å². The van der Waals surface area contributed by atoms with Gasteiger partial charge in [0.15, 0.2) is 0 Å². The number of aliphatic hydroxyl groups is 1. The van der Waals surface area contributed by atoms with Crippen molar-refractivity contribution in [3.8, 4) is 0 Å². The van der Waals surface area contributed by atoms with E-state index in [1.165, 1.54) is 5.56 Å². The Hall–Kier alpha value is -2.39. The van der Waals surface area contributed by atoms with Gasteiger partial charge >= 0.3 is 12.1 Å². The van der Waals surface area contributed by atoms with Crippen molar-refractivity contribution >= 4 is 17.9 Å². The molecule has 9 nitrogen and oxygen atoms in total.